The largest absolute Gasteiger partial charge is 0.339 e. The molecule has 0 saturated carbocycles. The number of benzene rings is 2. The van der Waals surface area contributed by atoms with Crippen LogP contribution in [0.15, 0.2) is 59.7 Å². The summed E-state index contributed by atoms with van der Waals surface area (Å²) in [5.74, 6) is 0.672. The third-order valence-electron chi connectivity index (χ3n) is 5.54. The molecule has 0 aromatic heterocycles. The van der Waals surface area contributed by atoms with Crippen molar-refractivity contribution in [2.75, 3.05) is 18.1 Å². The van der Waals surface area contributed by atoms with Crippen LogP contribution < -0.4 is 5.01 Å². The lowest BCUT2D eigenvalue weighted by Gasteiger charge is -2.32. The zero-order valence-corrected chi connectivity index (χ0v) is 16.2. The molecular weight excluding hydrogens is 350 g/mol. The molecule has 0 N–H and O–H groups in total. The molecule has 5 nitrogen and oxygen atoms in total. The number of carbonyl (C=O) groups is 2. The molecule has 0 aliphatic carbocycles. The number of carbonyl (C=O) groups excluding carboxylic acids is 2. The third kappa shape index (κ3) is 3.98. The molecule has 4 rings (SSSR count). The maximum absolute atomic E-state index is 12.8. The molecule has 2 aliphatic heterocycles. The van der Waals surface area contributed by atoms with Crippen LogP contribution in [0.25, 0.3) is 0 Å². The molecule has 0 atom stereocenters. The Labute approximate surface area is 165 Å². The Balaban J connectivity index is 1.34. The van der Waals surface area contributed by atoms with E-state index in [1.54, 1.807) is 24.3 Å². The van der Waals surface area contributed by atoms with E-state index in [4.69, 9.17) is 0 Å². The molecule has 0 bridgehead atoms. The van der Waals surface area contributed by atoms with E-state index in [1.807, 2.05) is 17.9 Å². The van der Waals surface area contributed by atoms with E-state index < -0.39 is 0 Å². The molecule has 2 aromatic rings. The van der Waals surface area contributed by atoms with Crippen LogP contribution in [0.5, 0.6) is 0 Å². The molecule has 2 aromatic carbocycles. The molecule has 144 valence electrons. The number of nitrogens with zero attached hydrogens (tertiary/aromatic N) is 3. The number of rotatable bonds is 4. The zero-order valence-electron chi connectivity index (χ0n) is 16.2. The van der Waals surface area contributed by atoms with Gasteiger partial charge in [-0.05, 0) is 61.9 Å². The highest BCUT2D eigenvalue weighted by Gasteiger charge is 2.25. The van der Waals surface area contributed by atoms with E-state index in [0.717, 1.165) is 38.1 Å². The van der Waals surface area contributed by atoms with Gasteiger partial charge in [0.2, 0.25) is 0 Å². The standard InChI is InChI=1S/C23H25N3O2/c1-17-15-22(27)26(24-17)21-9-7-20(8-10-21)23(28)25-13-11-19(12-14-25)16-18-5-3-2-4-6-18/h2-10,19H,11-16H2,1H3. The number of hydrogen-bond acceptors (Lipinski definition) is 3. The molecule has 0 spiro atoms. The fourth-order valence-corrected chi connectivity index (χ4v) is 3.97. The Bertz CT molecular complexity index is 882. The van der Waals surface area contributed by atoms with Gasteiger partial charge in [0, 0.05) is 24.4 Å². The van der Waals surface area contributed by atoms with Gasteiger partial charge >= 0.3 is 0 Å². The molecule has 2 aliphatic rings. The van der Waals surface area contributed by atoms with Gasteiger partial charge in [-0.1, -0.05) is 30.3 Å². The first-order valence-electron chi connectivity index (χ1n) is 9.90. The normalized spacial score (nSPS) is 17.8. The number of likely N-dealkylation sites (tertiary alicyclic amines) is 1. The van der Waals surface area contributed by atoms with E-state index in [2.05, 4.69) is 29.4 Å². The second kappa shape index (κ2) is 7.97. The summed E-state index contributed by atoms with van der Waals surface area (Å²) in [6, 6.07) is 17.8. The van der Waals surface area contributed by atoms with Gasteiger partial charge in [-0.2, -0.15) is 5.10 Å². The number of hydrogen-bond donors (Lipinski definition) is 0. The predicted octanol–water partition coefficient (Wildman–Crippen LogP) is 3.89. The highest BCUT2D eigenvalue weighted by atomic mass is 16.2. The summed E-state index contributed by atoms with van der Waals surface area (Å²) in [5.41, 5.74) is 3.55. The van der Waals surface area contributed by atoms with Crippen LogP contribution in [0.1, 0.15) is 42.1 Å². The summed E-state index contributed by atoms with van der Waals surface area (Å²) in [4.78, 5) is 26.7. The van der Waals surface area contributed by atoms with Crippen LogP contribution in [0, 0.1) is 5.92 Å². The maximum Gasteiger partial charge on any atom is 0.253 e. The second-order valence-corrected chi connectivity index (χ2v) is 7.69. The van der Waals surface area contributed by atoms with Crippen LogP contribution in [-0.2, 0) is 11.2 Å². The number of anilines is 1. The Kier molecular flexibility index (Phi) is 5.24. The molecular formula is C23H25N3O2. The van der Waals surface area contributed by atoms with E-state index >= 15 is 0 Å². The lowest BCUT2D eigenvalue weighted by atomic mass is 9.90. The summed E-state index contributed by atoms with van der Waals surface area (Å²) in [6.45, 7) is 3.44. The minimum atomic E-state index is -0.0305. The Morgan fingerprint density at radius 1 is 1.04 bits per heavy atom. The number of hydrazone groups is 1. The van der Waals surface area contributed by atoms with Crippen LogP contribution in [0.2, 0.25) is 0 Å². The highest BCUT2D eigenvalue weighted by molar-refractivity contribution is 6.12. The van der Waals surface area contributed by atoms with Crippen molar-refractivity contribution in [3.05, 3.63) is 65.7 Å². The van der Waals surface area contributed by atoms with Crippen molar-refractivity contribution in [1.82, 2.24) is 4.90 Å². The van der Waals surface area contributed by atoms with E-state index in [-0.39, 0.29) is 11.8 Å². The lowest BCUT2D eigenvalue weighted by molar-refractivity contribution is -0.116. The van der Waals surface area contributed by atoms with Crippen molar-refractivity contribution in [1.29, 1.82) is 0 Å². The van der Waals surface area contributed by atoms with Crippen LogP contribution in [0.4, 0.5) is 5.69 Å². The van der Waals surface area contributed by atoms with Crippen molar-refractivity contribution in [3.8, 4) is 0 Å². The monoisotopic (exact) mass is 375 g/mol. The van der Waals surface area contributed by atoms with Gasteiger partial charge < -0.3 is 4.90 Å². The molecule has 0 unspecified atom stereocenters. The van der Waals surface area contributed by atoms with Gasteiger partial charge in [0.15, 0.2) is 0 Å². The molecule has 2 amide bonds. The second-order valence-electron chi connectivity index (χ2n) is 7.69. The van der Waals surface area contributed by atoms with Crippen molar-refractivity contribution >= 4 is 23.2 Å². The summed E-state index contributed by atoms with van der Waals surface area (Å²) in [7, 11) is 0. The topological polar surface area (TPSA) is 53.0 Å². The predicted molar refractivity (Wildman–Crippen MR) is 110 cm³/mol. The van der Waals surface area contributed by atoms with Crippen molar-refractivity contribution < 1.29 is 9.59 Å². The van der Waals surface area contributed by atoms with Gasteiger partial charge in [0.25, 0.3) is 11.8 Å². The van der Waals surface area contributed by atoms with Crippen LogP contribution in [-0.4, -0.2) is 35.5 Å². The molecule has 2 heterocycles. The lowest BCUT2D eigenvalue weighted by Crippen LogP contribution is -2.38. The fourth-order valence-electron chi connectivity index (χ4n) is 3.97. The minimum Gasteiger partial charge on any atom is -0.339 e. The first-order valence-corrected chi connectivity index (χ1v) is 9.90. The number of amides is 2. The van der Waals surface area contributed by atoms with Crippen LogP contribution >= 0.6 is 0 Å². The average molecular weight is 375 g/mol. The van der Waals surface area contributed by atoms with E-state index in [0.29, 0.717) is 23.6 Å². The highest BCUT2D eigenvalue weighted by Crippen LogP contribution is 2.25. The Morgan fingerprint density at radius 2 is 1.71 bits per heavy atom. The van der Waals surface area contributed by atoms with Gasteiger partial charge in [0.1, 0.15) is 0 Å². The van der Waals surface area contributed by atoms with E-state index in [9.17, 15) is 9.59 Å². The Hall–Kier alpha value is -2.95. The van der Waals surface area contributed by atoms with Crippen LogP contribution in [0.3, 0.4) is 0 Å². The average Bonchev–Trinajstić information content (AvgIpc) is 3.07. The molecule has 1 saturated heterocycles. The SMILES string of the molecule is CC1=NN(c2ccc(C(=O)N3CCC(Cc4ccccc4)CC3)cc2)C(=O)C1. The smallest absolute Gasteiger partial charge is 0.253 e. The van der Waals surface area contributed by atoms with Gasteiger partial charge in [0.05, 0.1) is 12.1 Å². The Morgan fingerprint density at radius 3 is 2.32 bits per heavy atom. The van der Waals surface area contributed by atoms with Gasteiger partial charge in [-0.3, -0.25) is 9.59 Å². The summed E-state index contributed by atoms with van der Waals surface area (Å²) in [6.07, 6.45) is 3.52. The van der Waals surface area contributed by atoms with Crippen molar-refractivity contribution in [3.63, 3.8) is 0 Å². The maximum atomic E-state index is 12.8. The van der Waals surface area contributed by atoms with Crippen molar-refractivity contribution in [2.24, 2.45) is 11.0 Å². The van der Waals surface area contributed by atoms with Gasteiger partial charge in [-0.25, -0.2) is 5.01 Å². The van der Waals surface area contributed by atoms with Crippen molar-refractivity contribution in [2.45, 2.75) is 32.6 Å². The van der Waals surface area contributed by atoms with E-state index in [1.165, 1.54) is 10.6 Å². The quantitative estimate of drug-likeness (QED) is 0.814. The molecule has 1 fully saturated rings. The summed E-state index contributed by atoms with van der Waals surface area (Å²) in [5, 5.41) is 5.67. The first kappa shape index (κ1) is 18.4. The molecule has 0 radical (unpaired) electrons. The number of piperidine rings is 1. The minimum absolute atomic E-state index is 0.0305. The zero-order chi connectivity index (χ0) is 19.5. The molecule has 5 heteroatoms. The first-order chi connectivity index (χ1) is 13.6. The third-order valence-corrected chi connectivity index (χ3v) is 5.54. The summed E-state index contributed by atoms with van der Waals surface area (Å²) < 4.78 is 0. The van der Waals surface area contributed by atoms with Gasteiger partial charge in [-0.15, -0.1) is 0 Å². The summed E-state index contributed by atoms with van der Waals surface area (Å²) >= 11 is 0. The molecule has 28 heavy (non-hydrogen) atoms. The fraction of sp³-hybridized carbons (Fsp3) is 0.348.